The van der Waals surface area contributed by atoms with Gasteiger partial charge in [-0.05, 0) is 75.5 Å². The fraction of sp³-hybridized carbons (Fsp3) is 0.250. The van der Waals surface area contributed by atoms with Gasteiger partial charge in [-0.3, -0.25) is 14.6 Å². The van der Waals surface area contributed by atoms with Crippen molar-refractivity contribution in [2.45, 2.75) is 64.5 Å². The van der Waals surface area contributed by atoms with E-state index in [0.29, 0.717) is 28.3 Å². The summed E-state index contributed by atoms with van der Waals surface area (Å²) >= 11 is 0. The summed E-state index contributed by atoms with van der Waals surface area (Å²) in [6.45, 7) is 6.35. The number of fused-ring (bicyclic) bond motifs is 4. The Bertz CT molecular complexity index is 2090. The third-order valence-electron chi connectivity index (χ3n) is 10.00. The van der Waals surface area contributed by atoms with Gasteiger partial charge in [0.15, 0.2) is 0 Å². The summed E-state index contributed by atoms with van der Waals surface area (Å²) in [7, 11) is 0. The van der Waals surface area contributed by atoms with Crippen molar-refractivity contribution in [3.05, 3.63) is 143 Å². The van der Waals surface area contributed by atoms with Crippen molar-refractivity contribution in [3.63, 3.8) is 0 Å². The van der Waals surface area contributed by atoms with E-state index in [2.05, 4.69) is 50.4 Å². The second-order valence-corrected chi connectivity index (χ2v) is 13.6. The number of nitrogens with two attached hydrogens (primary N) is 1. The van der Waals surface area contributed by atoms with Gasteiger partial charge < -0.3 is 11.1 Å². The van der Waals surface area contributed by atoms with Crippen molar-refractivity contribution in [2.75, 3.05) is 5.32 Å². The lowest BCUT2D eigenvalue weighted by molar-refractivity contribution is -0.137. The van der Waals surface area contributed by atoms with Crippen LogP contribution < -0.4 is 11.1 Å². The highest BCUT2D eigenvalue weighted by atomic mass is 19.4. The molecule has 0 fully saturated rings. The van der Waals surface area contributed by atoms with E-state index in [4.69, 9.17) is 10.7 Å². The maximum atomic E-state index is 13.1. The average Bonchev–Trinajstić information content (AvgIpc) is 3.71. The number of unbranched alkanes of at least 4 members (excludes halogenated alkanes) is 2. The zero-order chi connectivity index (χ0) is 37.0. The molecule has 1 aliphatic carbocycles. The third-order valence-corrected chi connectivity index (χ3v) is 10.00. The molecule has 266 valence electrons. The largest absolute Gasteiger partial charge is 0.416 e. The number of primary amides is 1. The molecule has 5 aromatic carbocycles. The molecular weight excluding hydrogens is 659 g/mol. The molecule has 3 N–H and O–H groups in total. The first-order valence-electron chi connectivity index (χ1n) is 17.7. The summed E-state index contributed by atoms with van der Waals surface area (Å²) in [6, 6.07) is 33.7. The Hall–Kier alpha value is -5.50. The van der Waals surface area contributed by atoms with Crippen LogP contribution in [0.2, 0.25) is 0 Å². The summed E-state index contributed by atoms with van der Waals surface area (Å²) in [5.41, 5.74) is 14.0. The number of aliphatic imine (C=N–C) groups is 1. The highest BCUT2D eigenvalue weighted by molar-refractivity contribution is 6.11. The monoisotopic (exact) mass is 701 g/mol. The predicted octanol–water partition coefficient (Wildman–Crippen LogP) is 10.9. The number of nitrogens with one attached hydrogen (secondary N) is 1. The van der Waals surface area contributed by atoms with Gasteiger partial charge in [0, 0.05) is 17.7 Å². The lowest BCUT2D eigenvalue weighted by Gasteiger charge is -2.28. The Balaban J connectivity index is 0.000000192. The Morgan fingerprint density at radius 2 is 1.38 bits per heavy atom. The predicted molar refractivity (Wildman–Crippen MR) is 203 cm³/mol. The van der Waals surface area contributed by atoms with Crippen LogP contribution in [0.15, 0.2) is 120 Å². The number of hydrogen-bond acceptors (Lipinski definition) is 3. The number of para-hydroxylation sites is 1. The van der Waals surface area contributed by atoms with Gasteiger partial charge in [-0.25, -0.2) is 0 Å². The molecule has 2 aliphatic rings. The molecule has 0 saturated heterocycles. The van der Waals surface area contributed by atoms with Crippen LogP contribution >= 0.6 is 0 Å². The number of alkyl halides is 3. The molecule has 1 aliphatic heterocycles. The van der Waals surface area contributed by atoms with Crippen LogP contribution in [0.3, 0.4) is 0 Å². The van der Waals surface area contributed by atoms with Crippen molar-refractivity contribution in [2.24, 2.45) is 16.6 Å². The molecule has 2 amide bonds. The molecule has 0 atom stereocenters. The first-order chi connectivity index (χ1) is 25.0. The summed E-state index contributed by atoms with van der Waals surface area (Å²) in [6.07, 6.45) is 0.432. The normalized spacial score (nSPS) is 13.7. The van der Waals surface area contributed by atoms with Gasteiger partial charge in [0.1, 0.15) is 0 Å². The Labute approximate surface area is 302 Å². The number of amides is 2. The topological polar surface area (TPSA) is 84.6 Å². The minimum Gasteiger partial charge on any atom is -0.369 e. The number of benzene rings is 5. The van der Waals surface area contributed by atoms with E-state index in [9.17, 15) is 22.8 Å². The SMILES string of the molecule is CC(C)C1=Nc2c(cccc2NC(=O)c2ccccc2-c2ccc(C(F)(F)F)cc2)C1.CCCCCC1(C(N)=O)c2ccccc2-c2ccccc21. The molecule has 0 bridgehead atoms. The lowest BCUT2D eigenvalue weighted by Crippen LogP contribution is -2.40. The zero-order valence-corrected chi connectivity index (χ0v) is 29.6. The van der Waals surface area contributed by atoms with Crippen LogP contribution in [-0.4, -0.2) is 17.5 Å². The number of hydrogen-bond donors (Lipinski definition) is 2. The molecule has 0 saturated carbocycles. The Kier molecular flexibility index (Phi) is 10.5. The molecule has 1 heterocycles. The number of anilines is 1. The second kappa shape index (κ2) is 15.0. The standard InChI is InChI=1S/C25H21F3N2O.C19H21NO/c1-15(2)22-14-17-6-5-9-21(23(17)29-22)30-24(31)20-8-4-3-7-19(20)16-10-12-18(13-11-16)25(26,27)28;1-2-3-8-13-19(18(20)21)16-11-6-4-9-14(16)15-10-5-7-12-17(15)19/h3-13,15H,14H2,1-2H3,(H,30,31);4-7,9-12H,2-3,8,13H2,1H3,(H2,20,21). The fourth-order valence-electron chi connectivity index (χ4n) is 7.26. The molecule has 7 rings (SSSR count). The van der Waals surface area contributed by atoms with Crippen LogP contribution in [0.4, 0.5) is 24.5 Å². The van der Waals surface area contributed by atoms with Crippen molar-refractivity contribution in [1.82, 2.24) is 0 Å². The molecule has 0 radical (unpaired) electrons. The summed E-state index contributed by atoms with van der Waals surface area (Å²) in [5.74, 6) is -0.246. The highest BCUT2D eigenvalue weighted by Crippen LogP contribution is 2.51. The number of nitrogens with zero attached hydrogens (tertiary/aromatic N) is 1. The van der Waals surface area contributed by atoms with Gasteiger partial charge in [0.2, 0.25) is 5.91 Å². The molecule has 0 unspecified atom stereocenters. The van der Waals surface area contributed by atoms with Crippen molar-refractivity contribution in [3.8, 4) is 22.3 Å². The van der Waals surface area contributed by atoms with E-state index in [0.717, 1.165) is 83.5 Å². The molecule has 8 heteroatoms. The first-order valence-corrected chi connectivity index (χ1v) is 17.7. The highest BCUT2D eigenvalue weighted by Gasteiger charge is 2.47. The van der Waals surface area contributed by atoms with E-state index in [1.165, 1.54) is 12.1 Å². The number of carbonyl (C=O) groups is 2. The second-order valence-electron chi connectivity index (χ2n) is 13.6. The van der Waals surface area contributed by atoms with Gasteiger partial charge in [-0.1, -0.05) is 131 Å². The Morgan fingerprint density at radius 1 is 0.788 bits per heavy atom. The van der Waals surface area contributed by atoms with Gasteiger partial charge in [0.25, 0.3) is 5.91 Å². The van der Waals surface area contributed by atoms with Crippen LogP contribution in [0.5, 0.6) is 0 Å². The molecule has 0 spiro atoms. The zero-order valence-electron chi connectivity index (χ0n) is 29.6. The van der Waals surface area contributed by atoms with Gasteiger partial charge >= 0.3 is 6.18 Å². The molecular formula is C44H42F3N3O2. The quantitative estimate of drug-likeness (QED) is 0.150. The fourth-order valence-corrected chi connectivity index (χ4v) is 7.26. The third kappa shape index (κ3) is 7.02. The molecule has 52 heavy (non-hydrogen) atoms. The molecule has 5 nitrogen and oxygen atoms in total. The van der Waals surface area contributed by atoms with Crippen LogP contribution in [0.25, 0.3) is 22.3 Å². The minimum atomic E-state index is -4.40. The molecule has 0 aromatic heterocycles. The maximum absolute atomic E-state index is 13.1. The Morgan fingerprint density at radius 3 is 1.96 bits per heavy atom. The first kappa shape index (κ1) is 36.3. The van der Waals surface area contributed by atoms with E-state index in [1.54, 1.807) is 24.3 Å². The van der Waals surface area contributed by atoms with Crippen molar-refractivity contribution < 1.29 is 22.8 Å². The lowest BCUT2D eigenvalue weighted by atomic mass is 9.73. The summed E-state index contributed by atoms with van der Waals surface area (Å²) in [4.78, 5) is 30.3. The number of halogens is 3. The van der Waals surface area contributed by atoms with Crippen LogP contribution in [-0.2, 0) is 22.8 Å². The van der Waals surface area contributed by atoms with E-state index >= 15 is 0 Å². The van der Waals surface area contributed by atoms with E-state index < -0.39 is 17.2 Å². The van der Waals surface area contributed by atoms with Crippen LogP contribution in [0, 0.1) is 5.92 Å². The minimum absolute atomic E-state index is 0.226. The maximum Gasteiger partial charge on any atom is 0.416 e. The van der Waals surface area contributed by atoms with E-state index in [-0.39, 0.29) is 11.8 Å². The van der Waals surface area contributed by atoms with Crippen molar-refractivity contribution >= 4 is 28.9 Å². The average molecular weight is 702 g/mol. The summed E-state index contributed by atoms with van der Waals surface area (Å²) < 4.78 is 38.7. The van der Waals surface area contributed by atoms with Gasteiger partial charge in [-0.15, -0.1) is 0 Å². The van der Waals surface area contributed by atoms with E-state index in [1.807, 2.05) is 42.5 Å². The number of carbonyl (C=O) groups excluding carboxylic acids is 2. The van der Waals surface area contributed by atoms with Gasteiger partial charge in [-0.2, -0.15) is 13.2 Å². The smallest absolute Gasteiger partial charge is 0.369 e. The summed E-state index contributed by atoms with van der Waals surface area (Å²) in [5, 5.41) is 2.94. The van der Waals surface area contributed by atoms with Gasteiger partial charge in [0.05, 0.1) is 22.4 Å². The number of rotatable bonds is 9. The molecule has 5 aromatic rings. The van der Waals surface area contributed by atoms with Crippen LogP contribution in [0.1, 0.15) is 79.1 Å². The van der Waals surface area contributed by atoms with Crippen molar-refractivity contribution in [1.29, 1.82) is 0 Å².